The second-order valence-electron chi connectivity index (χ2n) is 5.89. The summed E-state index contributed by atoms with van der Waals surface area (Å²) in [4.78, 5) is 13.0. The number of anilines is 1. The van der Waals surface area contributed by atoms with Gasteiger partial charge >= 0.3 is 0 Å². The summed E-state index contributed by atoms with van der Waals surface area (Å²) in [5.41, 5.74) is 4.79. The molecule has 0 amide bonds. The highest BCUT2D eigenvalue weighted by atomic mass is 35.5. The lowest BCUT2D eigenvalue weighted by molar-refractivity contribution is 0.112. The molecule has 0 bridgehead atoms. The predicted octanol–water partition coefficient (Wildman–Crippen LogP) is 5.31. The van der Waals surface area contributed by atoms with Crippen LogP contribution in [0.3, 0.4) is 0 Å². The van der Waals surface area contributed by atoms with Crippen LogP contribution in [0.4, 0.5) is 5.69 Å². The Balaban J connectivity index is 2.39. The lowest BCUT2D eigenvalue weighted by Gasteiger charge is -2.18. The molecule has 2 aromatic carbocycles. The average Bonchev–Trinajstić information content (AvgIpc) is 2.58. The van der Waals surface area contributed by atoms with E-state index in [1.165, 1.54) is 0 Å². The molecule has 5 heteroatoms. The van der Waals surface area contributed by atoms with Gasteiger partial charge in [-0.25, -0.2) is 0 Å². The molecular formula is C20H18Cl2N2O. The van der Waals surface area contributed by atoms with Crippen LogP contribution in [0, 0.1) is 18.3 Å². The number of carbonyl (C=O) groups excluding carboxylic acids is 1. The van der Waals surface area contributed by atoms with Crippen molar-refractivity contribution in [2.24, 2.45) is 0 Å². The molecule has 0 aromatic heterocycles. The van der Waals surface area contributed by atoms with Gasteiger partial charge in [0, 0.05) is 35.9 Å². The fourth-order valence-electron chi connectivity index (χ4n) is 2.62. The first-order valence-corrected chi connectivity index (χ1v) is 8.45. The van der Waals surface area contributed by atoms with Crippen LogP contribution < -0.4 is 4.90 Å². The maximum absolute atomic E-state index is 11.0. The van der Waals surface area contributed by atoms with Gasteiger partial charge in [0.25, 0.3) is 0 Å². The quantitative estimate of drug-likeness (QED) is 0.668. The van der Waals surface area contributed by atoms with E-state index in [1.54, 1.807) is 12.1 Å². The first-order valence-electron chi connectivity index (χ1n) is 7.69. The average molecular weight is 373 g/mol. The van der Waals surface area contributed by atoms with E-state index in [-0.39, 0.29) is 0 Å². The molecule has 128 valence electrons. The molecule has 0 aliphatic carbocycles. The summed E-state index contributed by atoms with van der Waals surface area (Å²) in [6, 6.07) is 9.19. The predicted molar refractivity (Wildman–Crippen MR) is 105 cm³/mol. The molecule has 0 radical (unpaired) electrons. The van der Waals surface area contributed by atoms with Crippen LogP contribution in [-0.4, -0.2) is 20.4 Å². The van der Waals surface area contributed by atoms with Crippen molar-refractivity contribution in [3.05, 3.63) is 68.2 Å². The summed E-state index contributed by atoms with van der Waals surface area (Å²) in [5, 5.41) is 10.1. The normalized spacial score (nSPS) is 10.7. The van der Waals surface area contributed by atoms with Gasteiger partial charge in [0.05, 0.1) is 16.7 Å². The van der Waals surface area contributed by atoms with Gasteiger partial charge in [-0.2, -0.15) is 5.26 Å². The molecule has 25 heavy (non-hydrogen) atoms. The van der Waals surface area contributed by atoms with Crippen LogP contribution in [0.15, 0.2) is 30.3 Å². The minimum absolute atomic E-state index is 0.386. The standard InChI is InChI=1S/C20H18Cl2N2O/c1-13-9-14(11-23)10-19(24(2)3)16(13)5-4-6-17-18(21)8-7-15(12-25)20(17)22/h4-5,7-10,12H,6H2,1-3H3/b5-4+. The summed E-state index contributed by atoms with van der Waals surface area (Å²) < 4.78 is 0. The van der Waals surface area contributed by atoms with Gasteiger partial charge in [0.2, 0.25) is 0 Å². The number of hydrogen-bond donors (Lipinski definition) is 0. The van der Waals surface area contributed by atoms with Crippen LogP contribution in [-0.2, 0) is 6.42 Å². The number of nitriles is 1. The Morgan fingerprint density at radius 3 is 2.56 bits per heavy atom. The molecule has 2 aromatic rings. The Morgan fingerprint density at radius 1 is 1.24 bits per heavy atom. The Morgan fingerprint density at radius 2 is 1.96 bits per heavy atom. The third-order valence-corrected chi connectivity index (χ3v) is 4.73. The number of aldehydes is 1. The molecular weight excluding hydrogens is 355 g/mol. The first-order chi connectivity index (χ1) is 11.9. The van der Waals surface area contributed by atoms with E-state index < -0.39 is 0 Å². The Labute approximate surface area is 158 Å². The minimum atomic E-state index is 0.386. The van der Waals surface area contributed by atoms with Gasteiger partial charge in [0.1, 0.15) is 0 Å². The molecule has 0 saturated carbocycles. The van der Waals surface area contributed by atoms with Crippen molar-refractivity contribution in [1.82, 2.24) is 0 Å². The Kier molecular flexibility index (Phi) is 6.25. The molecule has 0 atom stereocenters. The van der Waals surface area contributed by atoms with E-state index in [1.807, 2.05) is 50.2 Å². The zero-order valence-corrected chi connectivity index (χ0v) is 15.8. The Bertz CT molecular complexity index is 880. The second kappa shape index (κ2) is 8.20. The van der Waals surface area contributed by atoms with E-state index in [2.05, 4.69) is 6.07 Å². The summed E-state index contributed by atoms with van der Waals surface area (Å²) in [5.74, 6) is 0. The molecule has 0 N–H and O–H groups in total. The van der Waals surface area contributed by atoms with Gasteiger partial charge in [-0.1, -0.05) is 35.4 Å². The molecule has 3 nitrogen and oxygen atoms in total. The molecule has 0 spiro atoms. The summed E-state index contributed by atoms with van der Waals surface area (Å²) >= 11 is 12.5. The third kappa shape index (κ3) is 4.22. The van der Waals surface area contributed by atoms with Gasteiger partial charge in [-0.3, -0.25) is 4.79 Å². The van der Waals surface area contributed by atoms with Crippen LogP contribution in [0.25, 0.3) is 6.08 Å². The van der Waals surface area contributed by atoms with Crippen molar-refractivity contribution in [1.29, 1.82) is 5.26 Å². The van der Waals surface area contributed by atoms with Gasteiger partial charge in [-0.05, 0) is 48.7 Å². The van der Waals surface area contributed by atoms with Crippen molar-refractivity contribution >= 4 is 41.3 Å². The van der Waals surface area contributed by atoms with E-state index in [0.717, 1.165) is 28.7 Å². The third-order valence-electron chi connectivity index (χ3n) is 3.93. The fourth-order valence-corrected chi connectivity index (χ4v) is 3.19. The van der Waals surface area contributed by atoms with Crippen molar-refractivity contribution in [2.45, 2.75) is 13.3 Å². The lowest BCUT2D eigenvalue weighted by atomic mass is 10.0. The minimum Gasteiger partial charge on any atom is -0.377 e. The largest absolute Gasteiger partial charge is 0.377 e. The highest BCUT2D eigenvalue weighted by Gasteiger charge is 2.10. The number of halogens is 2. The van der Waals surface area contributed by atoms with Crippen molar-refractivity contribution in [3.8, 4) is 6.07 Å². The SMILES string of the molecule is Cc1cc(C#N)cc(N(C)C)c1/C=C/Cc1c(Cl)ccc(C=O)c1Cl. The summed E-state index contributed by atoms with van der Waals surface area (Å²) in [7, 11) is 3.88. The van der Waals surface area contributed by atoms with Crippen LogP contribution in [0.2, 0.25) is 10.0 Å². The van der Waals surface area contributed by atoms with Gasteiger partial charge in [-0.15, -0.1) is 0 Å². The summed E-state index contributed by atoms with van der Waals surface area (Å²) in [6.07, 6.45) is 5.18. The molecule has 2 rings (SSSR count). The van der Waals surface area contributed by atoms with Crippen LogP contribution in [0.1, 0.15) is 32.6 Å². The van der Waals surface area contributed by atoms with Crippen LogP contribution >= 0.6 is 23.2 Å². The highest BCUT2D eigenvalue weighted by Crippen LogP contribution is 2.30. The first kappa shape index (κ1) is 19.1. The molecule has 0 fully saturated rings. The lowest BCUT2D eigenvalue weighted by Crippen LogP contribution is -2.11. The number of hydrogen-bond acceptors (Lipinski definition) is 3. The fraction of sp³-hybridized carbons (Fsp3) is 0.200. The van der Waals surface area contributed by atoms with Gasteiger partial charge in [0.15, 0.2) is 6.29 Å². The zero-order valence-electron chi connectivity index (χ0n) is 14.3. The van der Waals surface area contributed by atoms with Crippen molar-refractivity contribution in [3.63, 3.8) is 0 Å². The molecule has 0 unspecified atom stereocenters. The molecule has 0 heterocycles. The second-order valence-corrected chi connectivity index (χ2v) is 6.67. The van der Waals surface area contributed by atoms with E-state index in [9.17, 15) is 4.79 Å². The number of carbonyl (C=O) groups is 1. The highest BCUT2D eigenvalue weighted by molar-refractivity contribution is 6.37. The van der Waals surface area contributed by atoms with Crippen molar-refractivity contribution in [2.75, 3.05) is 19.0 Å². The summed E-state index contributed by atoms with van der Waals surface area (Å²) in [6.45, 7) is 1.97. The van der Waals surface area contributed by atoms with Crippen LogP contribution in [0.5, 0.6) is 0 Å². The maximum atomic E-state index is 11.0. The number of aryl methyl sites for hydroxylation is 1. The van der Waals surface area contributed by atoms with Gasteiger partial charge < -0.3 is 4.90 Å². The monoisotopic (exact) mass is 372 g/mol. The number of benzene rings is 2. The van der Waals surface area contributed by atoms with E-state index in [0.29, 0.717) is 27.6 Å². The molecule has 0 saturated heterocycles. The van der Waals surface area contributed by atoms with E-state index in [4.69, 9.17) is 28.5 Å². The molecule has 0 aliphatic rings. The molecule has 0 aliphatic heterocycles. The zero-order chi connectivity index (χ0) is 18.6. The number of rotatable bonds is 5. The topological polar surface area (TPSA) is 44.1 Å². The maximum Gasteiger partial charge on any atom is 0.151 e. The van der Waals surface area contributed by atoms with E-state index >= 15 is 0 Å². The number of allylic oxidation sites excluding steroid dienone is 1. The number of nitrogens with zero attached hydrogens (tertiary/aromatic N) is 2. The Hall–Kier alpha value is -2.28. The smallest absolute Gasteiger partial charge is 0.151 e. The van der Waals surface area contributed by atoms with Crippen molar-refractivity contribution < 1.29 is 4.79 Å².